The molecule has 0 bridgehead atoms. The Morgan fingerprint density at radius 3 is 2.42 bits per heavy atom. The van der Waals surface area contributed by atoms with Crippen LogP contribution in [0.2, 0.25) is 0 Å². The average molecular weight is 348 g/mol. The summed E-state index contributed by atoms with van der Waals surface area (Å²) >= 11 is 0. The van der Waals surface area contributed by atoms with Crippen molar-refractivity contribution in [3.05, 3.63) is 65.2 Å². The van der Waals surface area contributed by atoms with Crippen LogP contribution in [0.5, 0.6) is 0 Å². The van der Waals surface area contributed by atoms with Crippen LogP contribution in [0.4, 0.5) is 5.69 Å². The summed E-state index contributed by atoms with van der Waals surface area (Å²) in [6, 6.07) is 14.1. The highest BCUT2D eigenvalue weighted by atomic mass is 16.2. The van der Waals surface area contributed by atoms with E-state index in [-0.39, 0.29) is 11.8 Å². The van der Waals surface area contributed by atoms with E-state index >= 15 is 0 Å². The normalized spacial score (nSPS) is 21.6. The van der Waals surface area contributed by atoms with Crippen LogP contribution in [0, 0.1) is 6.92 Å². The molecule has 0 saturated carbocycles. The largest absolute Gasteiger partial charge is 0.271 e. The van der Waals surface area contributed by atoms with E-state index in [9.17, 15) is 9.59 Å². The molecule has 2 aromatic rings. The van der Waals surface area contributed by atoms with Gasteiger partial charge in [-0.05, 0) is 42.2 Å². The topological polar surface area (TPSA) is 65.3 Å². The molecule has 2 amide bonds. The molecule has 2 heterocycles. The fourth-order valence-corrected chi connectivity index (χ4v) is 3.45. The predicted molar refractivity (Wildman–Crippen MR) is 97.5 cm³/mol. The van der Waals surface area contributed by atoms with Crippen LogP contribution in [-0.2, 0) is 22.6 Å². The minimum atomic E-state index is -0.752. The van der Waals surface area contributed by atoms with Gasteiger partial charge in [0.15, 0.2) is 12.1 Å². The second-order valence-electron chi connectivity index (χ2n) is 6.65. The molecular weight excluding hydrogens is 328 g/mol. The molecule has 0 radical (unpaired) electrons. The molecule has 2 aliphatic rings. The summed E-state index contributed by atoms with van der Waals surface area (Å²) in [4.78, 5) is 27.0. The van der Waals surface area contributed by atoms with Crippen LogP contribution < -0.4 is 4.90 Å². The quantitative estimate of drug-likeness (QED) is 0.798. The SMILES string of the molecule is CCc1ccc(N2C(=O)C3N=NN(Cc4ccccc4C)C3C2=O)cc1. The third kappa shape index (κ3) is 2.58. The van der Waals surface area contributed by atoms with Crippen LogP contribution in [-0.4, -0.2) is 28.9 Å². The number of carbonyl (C=O) groups excluding carboxylic acids is 2. The number of benzene rings is 2. The molecule has 1 saturated heterocycles. The van der Waals surface area contributed by atoms with Gasteiger partial charge in [0.25, 0.3) is 11.8 Å². The number of hydrogen-bond acceptors (Lipinski definition) is 5. The zero-order chi connectivity index (χ0) is 18.3. The van der Waals surface area contributed by atoms with Gasteiger partial charge >= 0.3 is 0 Å². The van der Waals surface area contributed by atoms with Crippen molar-refractivity contribution in [1.82, 2.24) is 5.01 Å². The van der Waals surface area contributed by atoms with Gasteiger partial charge in [0, 0.05) is 0 Å². The van der Waals surface area contributed by atoms with E-state index in [2.05, 4.69) is 17.3 Å². The first-order chi connectivity index (χ1) is 12.6. The number of fused-ring (bicyclic) bond motifs is 1. The third-order valence-electron chi connectivity index (χ3n) is 5.05. The molecule has 2 unspecified atom stereocenters. The number of carbonyl (C=O) groups is 2. The van der Waals surface area contributed by atoms with E-state index in [0.717, 1.165) is 23.1 Å². The number of rotatable bonds is 4. The Morgan fingerprint density at radius 2 is 1.73 bits per heavy atom. The fourth-order valence-electron chi connectivity index (χ4n) is 3.45. The van der Waals surface area contributed by atoms with E-state index in [1.165, 1.54) is 4.90 Å². The average Bonchev–Trinajstić information content (AvgIpc) is 3.17. The Balaban J connectivity index is 1.60. The second-order valence-corrected chi connectivity index (χ2v) is 6.65. The van der Waals surface area contributed by atoms with E-state index in [4.69, 9.17) is 0 Å². The Kier molecular flexibility index (Phi) is 4.03. The zero-order valence-corrected chi connectivity index (χ0v) is 14.8. The molecule has 0 aliphatic carbocycles. The van der Waals surface area contributed by atoms with Crippen LogP contribution in [0.1, 0.15) is 23.6 Å². The first-order valence-corrected chi connectivity index (χ1v) is 8.79. The fraction of sp³-hybridized carbons (Fsp3) is 0.300. The maximum atomic E-state index is 13.0. The number of hydrogen-bond donors (Lipinski definition) is 0. The molecule has 26 heavy (non-hydrogen) atoms. The lowest BCUT2D eigenvalue weighted by Crippen LogP contribution is -2.39. The molecule has 2 atom stereocenters. The van der Waals surface area contributed by atoms with Crippen molar-refractivity contribution < 1.29 is 9.59 Å². The van der Waals surface area contributed by atoms with Crippen molar-refractivity contribution >= 4 is 17.5 Å². The van der Waals surface area contributed by atoms with Crippen molar-refractivity contribution in [3.63, 3.8) is 0 Å². The summed E-state index contributed by atoms with van der Waals surface area (Å²) in [5.74, 6) is -0.567. The third-order valence-corrected chi connectivity index (χ3v) is 5.05. The summed E-state index contributed by atoms with van der Waals surface area (Å²) in [7, 11) is 0. The highest BCUT2D eigenvalue weighted by Crippen LogP contribution is 2.33. The van der Waals surface area contributed by atoms with Crippen LogP contribution in [0.3, 0.4) is 0 Å². The number of amides is 2. The molecule has 132 valence electrons. The van der Waals surface area contributed by atoms with E-state index in [0.29, 0.717) is 12.2 Å². The molecule has 6 heteroatoms. The van der Waals surface area contributed by atoms with Crippen LogP contribution >= 0.6 is 0 Å². The lowest BCUT2D eigenvalue weighted by Gasteiger charge is -2.21. The van der Waals surface area contributed by atoms with Gasteiger partial charge < -0.3 is 0 Å². The van der Waals surface area contributed by atoms with E-state index in [1.807, 2.05) is 55.5 Å². The van der Waals surface area contributed by atoms with Gasteiger partial charge in [0.05, 0.1) is 12.2 Å². The van der Waals surface area contributed by atoms with Crippen LogP contribution in [0.25, 0.3) is 0 Å². The minimum absolute atomic E-state index is 0.261. The monoisotopic (exact) mass is 348 g/mol. The smallest absolute Gasteiger partial charge is 0.263 e. The molecule has 2 aliphatic heterocycles. The Bertz CT molecular complexity index is 891. The molecule has 1 fully saturated rings. The molecule has 0 spiro atoms. The molecule has 6 nitrogen and oxygen atoms in total. The lowest BCUT2D eigenvalue weighted by atomic mass is 10.1. The summed E-state index contributed by atoms with van der Waals surface area (Å²) in [5.41, 5.74) is 3.94. The highest BCUT2D eigenvalue weighted by molar-refractivity contribution is 6.25. The number of imide groups is 1. The van der Waals surface area contributed by atoms with Gasteiger partial charge in [0.2, 0.25) is 0 Å². The summed E-state index contributed by atoms with van der Waals surface area (Å²) in [6.07, 6.45) is 0.909. The molecule has 2 aromatic carbocycles. The van der Waals surface area contributed by atoms with Crippen molar-refractivity contribution in [1.29, 1.82) is 0 Å². The standard InChI is InChI=1S/C20H20N4O2/c1-3-14-8-10-16(11-9-14)24-19(25)17-18(20(24)26)23(22-21-17)12-15-7-5-4-6-13(15)2/h4-11,17-18H,3,12H2,1-2H3. The Hall–Kier alpha value is -3.02. The maximum Gasteiger partial charge on any atom is 0.263 e. The van der Waals surface area contributed by atoms with Gasteiger partial charge in [-0.2, -0.15) is 5.11 Å². The van der Waals surface area contributed by atoms with E-state index < -0.39 is 12.1 Å². The molecule has 0 aromatic heterocycles. The van der Waals surface area contributed by atoms with E-state index in [1.54, 1.807) is 5.01 Å². The Morgan fingerprint density at radius 1 is 1.00 bits per heavy atom. The summed E-state index contributed by atoms with van der Waals surface area (Å²) < 4.78 is 0. The van der Waals surface area contributed by atoms with Crippen molar-refractivity contribution in [3.8, 4) is 0 Å². The Labute approximate surface area is 152 Å². The number of anilines is 1. The number of nitrogens with zero attached hydrogens (tertiary/aromatic N) is 4. The molecule has 0 N–H and O–H groups in total. The number of aryl methyl sites for hydroxylation is 2. The van der Waals surface area contributed by atoms with Gasteiger partial charge in [-0.1, -0.05) is 48.5 Å². The first kappa shape index (κ1) is 16.4. The lowest BCUT2D eigenvalue weighted by molar-refractivity contribution is -0.123. The van der Waals surface area contributed by atoms with Gasteiger partial charge in [-0.25, -0.2) is 4.90 Å². The van der Waals surface area contributed by atoms with Gasteiger partial charge in [-0.3, -0.25) is 14.6 Å². The molecule has 4 rings (SSSR count). The van der Waals surface area contributed by atoms with Gasteiger partial charge in [0.1, 0.15) is 0 Å². The van der Waals surface area contributed by atoms with Crippen LogP contribution in [0.15, 0.2) is 58.9 Å². The second kappa shape index (κ2) is 6.37. The van der Waals surface area contributed by atoms with Crippen molar-refractivity contribution in [2.24, 2.45) is 10.3 Å². The minimum Gasteiger partial charge on any atom is -0.271 e. The van der Waals surface area contributed by atoms with Crippen molar-refractivity contribution in [2.75, 3.05) is 4.90 Å². The predicted octanol–water partition coefficient (Wildman–Crippen LogP) is 3.05. The summed E-state index contributed by atoms with van der Waals surface area (Å²) in [6.45, 7) is 4.54. The molecular formula is C20H20N4O2. The van der Waals surface area contributed by atoms with Crippen molar-refractivity contribution in [2.45, 2.75) is 38.9 Å². The first-order valence-electron chi connectivity index (χ1n) is 8.79. The maximum absolute atomic E-state index is 13.0. The zero-order valence-electron chi connectivity index (χ0n) is 14.8. The highest BCUT2D eigenvalue weighted by Gasteiger charge is 2.54. The van der Waals surface area contributed by atoms with Gasteiger partial charge in [-0.15, -0.1) is 0 Å². The summed E-state index contributed by atoms with van der Waals surface area (Å²) in [5, 5.41) is 9.82.